The van der Waals surface area contributed by atoms with E-state index in [-0.39, 0.29) is 0 Å². The van der Waals surface area contributed by atoms with Crippen molar-refractivity contribution in [3.05, 3.63) is 24.1 Å². The summed E-state index contributed by atoms with van der Waals surface area (Å²) < 4.78 is 16.0. The topological polar surface area (TPSA) is 69.4 Å². The molecule has 1 aliphatic rings. The Kier molecular flexibility index (Phi) is 4.06. The molecule has 21 heavy (non-hydrogen) atoms. The van der Waals surface area contributed by atoms with Crippen LogP contribution >= 0.6 is 0 Å². The van der Waals surface area contributed by atoms with E-state index in [4.69, 9.17) is 14.0 Å². The minimum atomic E-state index is 0.299. The van der Waals surface area contributed by atoms with Gasteiger partial charge < -0.3 is 19.3 Å². The first-order valence-electron chi connectivity index (χ1n) is 7.08. The van der Waals surface area contributed by atoms with Gasteiger partial charge in [0.2, 0.25) is 11.7 Å². The Bertz CT molecular complexity index is 584. The number of ether oxygens (including phenoxy) is 2. The quantitative estimate of drug-likeness (QED) is 0.930. The van der Waals surface area contributed by atoms with Crippen LogP contribution in [0.15, 0.2) is 22.7 Å². The Labute approximate surface area is 123 Å². The van der Waals surface area contributed by atoms with Crippen LogP contribution in [0, 0.1) is 0 Å². The highest BCUT2D eigenvalue weighted by Crippen LogP contribution is 2.30. The number of piperidine rings is 1. The molecule has 6 nitrogen and oxygen atoms in total. The summed E-state index contributed by atoms with van der Waals surface area (Å²) in [5.41, 5.74) is 0.824. The number of hydrogen-bond donors (Lipinski definition) is 1. The molecule has 1 aromatic carbocycles. The van der Waals surface area contributed by atoms with Crippen molar-refractivity contribution in [2.75, 3.05) is 27.3 Å². The predicted octanol–water partition coefficient (Wildman–Crippen LogP) is 2.22. The van der Waals surface area contributed by atoms with Gasteiger partial charge in [0.15, 0.2) is 0 Å². The molecule has 1 N–H and O–H groups in total. The van der Waals surface area contributed by atoms with Gasteiger partial charge in [0.25, 0.3) is 0 Å². The van der Waals surface area contributed by atoms with Crippen LogP contribution in [0.5, 0.6) is 11.5 Å². The second-order valence-corrected chi connectivity index (χ2v) is 5.10. The molecule has 3 rings (SSSR count). The molecule has 0 spiro atoms. The van der Waals surface area contributed by atoms with E-state index in [1.165, 1.54) is 0 Å². The lowest BCUT2D eigenvalue weighted by molar-refractivity contribution is 0.322. The number of nitrogens with one attached hydrogen (secondary N) is 1. The number of methoxy groups -OCH3 is 2. The summed E-state index contributed by atoms with van der Waals surface area (Å²) in [4.78, 5) is 4.53. The Morgan fingerprint density at radius 3 is 2.57 bits per heavy atom. The fourth-order valence-corrected chi connectivity index (χ4v) is 2.52. The smallest absolute Gasteiger partial charge is 0.231 e. The Morgan fingerprint density at radius 2 is 1.95 bits per heavy atom. The van der Waals surface area contributed by atoms with Gasteiger partial charge in [0, 0.05) is 18.2 Å². The molecule has 2 aromatic rings. The summed E-state index contributed by atoms with van der Waals surface area (Å²) in [7, 11) is 3.24. The summed E-state index contributed by atoms with van der Waals surface area (Å²) >= 11 is 0. The molecule has 1 saturated heterocycles. The van der Waals surface area contributed by atoms with E-state index >= 15 is 0 Å². The lowest BCUT2D eigenvalue weighted by atomic mass is 10.00. The monoisotopic (exact) mass is 289 g/mol. The lowest BCUT2D eigenvalue weighted by Gasteiger charge is -2.18. The highest BCUT2D eigenvalue weighted by atomic mass is 16.5. The van der Waals surface area contributed by atoms with Crippen molar-refractivity contribution in [3.8, 4) is 22.9 Å². The van der Waals surface area contributed by atoms with E-state index < -0.39 is 0 Å². The molecule has 6 heteroatoms. The van der Waals surface area contributed by atoms with Crippen LogP contribution in [0.25, 0.3) is 11.4 Å². The van der Waals surface area contributed by atoms with E-state index in [2.05, 4.69) is 15.5 Å². The van der Waals surface area contributed by atoms with Gasteiger partial charge in [0.1, 0.15) is 11.5 Å². The molecule has 0 amide bonds. The van der Waals surface area contributed by atoms with Crippen molar-refractivity contribution in [2.45, 2.75) is 18.8 Å². The largest absolute Gasteiger partial charge is 0.497 e. The van der Waals surface area contributed by atoms with Gasteiger partial charge in [-0.15, -0.1) is 0 Å². The third-order valence-corrected chi connectivity index (χ3v) is 3.70. The molecular formula is C15H19N3O3. The maximum absolute atomic E-state index is 5.42. The Morgan fingerprint density at radius 1 is 1.19 bits per heavy atom. The number of benzene rings is 1. The summed E-state index contributed by atoms with van der Waals surface area (Å²) in [6.45, 7) is 1.95. The van der Waals surface area contributed by atoms with Crippen LogP contribution in [0.1, 0.15) is 24.7 Å². The van der Waals surface area contributed by atoms with E-state index in [0.717, 1.165) is 31.5 Å². The van der Waals surface area contributed by atoms with E-state index in [1.54, 1.807) is 14.2 Å². The van der Waals surface area contributed by atoms with Gasteiger partial charge in [-0.25, -0.2) is 0 Å². The molecule has 112 valence electrons. The molecule has 0 radical (unpaired) electrons. The van der Waals surface area contributed by atoms with Crippen LogP contribution in [0.4, 0.5) is 0 Å². The van der Waals surface area contributed by atoms with Crippen molar-refractivity contribution >= 4 is 0 Å². The first-order chi connectivity index (χ1) is 10.3. The third-order valence-electron chi connectivity index (χ3n) is 3.70. The van der Waals surface area contributed by atoms with Crippen LogP contribution in [-0.4, -0.2) is 37.4 Å². The fraction of sp³-hybridized carbons (Fsp3) is 0.467. The zero-order chi connectivity index (χ0) is 14.7. The van der Waals surface area contributed by atoms with Crippen molar-refractivity contribution in [3.63, 3.8) is 0 Å². The summed E-state index contributed by atoms with van der Waals surface area (Å²) in [6.07, 6.45) is 2.21. The first kappa shape index (κ1) is 13.9. The van der Waals surface area contributed by atoms with Crippen LogP contribution in [-0.2, 0) is 0 Å². The maximum Gasteiger partial charge on any atom is 0.231 e. The molecule has 1 fully saturated rings. The average Bonchev–Trinajstić information content (AvgIpc) is 3.05. The molecule has 0 saturated carbocycles. The van der Waals surface area contributed by atoms with Gasteiger partial charge in [-0.3, -0.25) is 0 Å². The predicted molar refractivity (Wildman–Crippen MR) is 77.7 cm³/mol. The van der Waals surface area contributed by atoms with Gasteiger partial charge in [-0.05, 0) is 31.5 Å². The molecule has 1 unspecified atom stereocenters. The van der Waals surface area contributed by atoms with Crippen LogP contribution in [0.2, 0.25) is 0 Å². The summed E-state index contributed by atoms with van der Waals surface area (Å²) in [5, 5.41) is 7.44. The molecule has 1 aliphatic heterocycles. The zero-order valence-electron chi connectivity index (χ0n) is 12.3. The Balaban J connectivity index is 1.88. The van der Waals surface area contributed by atoms with Crippen molar-refractivity contribution < 1.29 is 14.0 Å². The third kappa shape index (κ3) is 3.00. The zero-order valence-corrected chi connectivity index (χ0v) is 12.3. The molecule has 1 aromatic heterocycles. The number of rotatable bonds is 4. The average molecular weight is 289 g/mol. The van der Waals surface area contributed by atoms with Crippen LogP contribution < -0.4 is 14.8 Å². The SMILES string of the molecule is COc1cc(OC)cc(-c2noc(C3CCCNC3)n2)c1. The van der Waals surface area contributed by atoms with E-state index in [1.807, 2.05) is 18.2 Å². The van der Waals surface area contributed by atoms with Gasteiger partial charge >= 0.3 is 0 Å². The molecule has 2 heterocycles. The maximum atomic E-state index is 5.42. The minimum Gasteiger partial charge on any atom is -0.497 e. The fourth-order valence-electron chi connectivity index (χ4n) is 2.52. The van der Waals surface area contributed by atoms with E-state index in [0.29, 0.717) is 29.1 Å². The standard InChI is InChI=1S/C15H19N3O3/c1-19-12-6-11(7-13(8-12)20-2)14-17-15(21-18-14)10-4-3-5-16-9-10/h6-8,10,16H,3-5,9H2,1-2H3. The van der Waals surface area contributed by atoms with Gasteiger partial charge in [0.05, 0.1) is 20.1 Å². The molecule has 1 atom stereocenters. The number of nitrogens with zero attached hydrogens (tertiary/aromatic N) is 2. The molecule has 0 aliphatic carbocycles. The normalized spacial score (nSPS) is 18.5. The number of aromatic nitrogens is 2. The van der Waals surface area contributed by atoms with Crippen molar-refractivity contribution in [1.82, 2.24) is 15.5 Å². The second kappa shape index (κ2) is 6.13. The van der Waals surface area contributed by atoms with Crippen molar-refractivity contribution in [2.24, 2.45) is 0 Å². The van der Waals surface area contributed by atoms with E-state index in [9.17, 15) is 0 Å². The highest BCUT2D eigenvalue weighted by molar-refractivity contribution is 5.60. The minimum absolute atomic E-state index is 0.299. The first-order valence-corrected chi connectivity index (χ1v) is 7.08. The lowest BCUT2D eigenvalue weighted by Crippen LogP contribution is -2.28. The summed E-state index contributed by atoms with van der Waals surface area (Å²) in [6, 6.07) is 5.56. The van der Waals surface area contributed by atoms with Gasteiger partial charge in [-0.1, -0.05) is 5.16 Å². The van der Waals surface area contributed by atoms with Gasteiger partial charge in [-0.2, -0.15) is 4.98 Å². The molecule has 0 bridgehead atoms. The number of hydrogen-bond acceptors (Lipinski definition) is 6. The Hall–Kier alpha value is -2.08. The van der Waals surface area contributed by atoms with Crippen LogP contribution in [0.3, 0.4) is 0 Å². The molecular weight excluding hydrogens is 270 g/mol. The summed E-state index contributed by atoms with van der Waals surface area (Å²) in [5.74, 6) is 2.96. The highest BCUT2D eigenvalue weighted by Gasteiger charge is 2.22. The van der Waals surface area contributed by atoms with Crippen molar-refractivity contribution in [1.29, 1.82) is 0 Å². The second-order valence-electron chi connectivity index (χ2n) is 5.10.